The highest BCUT2D eigenvalue weighted by molar-refractivity contribution is 7.89. The van der Waals surface area contributed by atoms with Crippen molar-refractivity contribution in [2.24, 2.45) is 0 Å². The fraction of sp³-hybridized carbons (Fsp3) is 0.900. The molecule has 0 radical (unpaired) electrons. The number of sulfonamides is 1. The average molecular weight is 230 g/mol. The van der Waals surface area contributed by atoms with Crippen molar-refractivity contribution >= 4 is 10.0 Å². The molecular formula is C10H18N2O2S. The first-order valence-corrected chi connectivity index (χ1v) is 6.99. The summed E-state index contributed by atoms with van der Waals surface area (Å²) in [4.78, 5) is 0. The highest BCUT2D eigenvalue weighted by Gasteiger charge is 2.31. The maximum atomic E-state index is 12.1. The van der Waals surface area contributed by atoms with Crippen LogP contribution in [0.3, 0.4) is 0 Å². The van der Waals surface area contributed by atoms with Crippen LogP contribution in [0.2, 0.25) is 0 Å². The Kier molecular flexibility index (Phi) is 4.55. The number of hydrogen-bond acceptors (Lipinski definition) is 3. The third kappa shape index (κ3) is 2.93. The Labute approximate surface area is 91.9 Å². The van der Waals surface area contributed by atoms with Crippen molar-refractivity contribution in [1.29, 1.82) is 5.26 Å². The summed E-state index contributed by atoms with van der Waals surface area (Å²) >= 11 is 0. The van der Waals surface area contributed by atoms with Gasteiger partial charge >= 0.3 is 0 Å². The molecule has 86 valence electrons. The second-order valence-corrected chi connectivity index (χ2v) is 6.10. The summed E-state index contributed by atoms with van der Waals surface area (Å²) in [5.41, 5.74) is 0. The van der Waals surface area contributed by atoms with Crippen LogP contribution in [0.25, 0.3) is 0 Å². The van der Waals surface area contributed by atoms with Gasteiger partial charge in [0.1, 0.15) is 6.54 Å². The van der Waals surface area contributed by atoms with E-state index in [0.29, 0.717) is 6.54 Å². The maximum absolute atomic E-state index is 12.1. The van der Waals surface area contributed by atoms with Crippen molar-refractivity contribution < 1.29 is 8.42 Å². The fourth-order valence-electron chi connectivity index (χ4n) is 2.03. The summed E-state index contributed by atoms with van der Waals surface area (Å²) in [7, 11) is -3.23. The summed E-state index contributed by atoms with van der Waals surface area (Å²) in [5.74, 6) is 0. The maximum Gasteiger partial charge on any atom is 0.217 e. The molecule has 0 saturated heterocycles. The highest BCUT2D eigenvalue weighted by atomic mass is 32.2. The lowest BCUT2D eigenvalue weighted by molar-refractivity contribution is 0.420. The average Bonchev–Trinajstić information content (AvgIpc) is 2.27. The van der Waals surface area contributed by atoms with Crippen molar-refractivity contribution in [2.75, 3.05) is 13.1 Å². The van der Waals surface area contributed by atoms with Crippen molar-refractivity contribution in [3.63, 3.8) is 0 Å². The molecule has 0 aromatic heterocycles. The molecule has 4 nitrogen and oxygen atoms in total. The molecule has 0 aliphatic heterocycles. The SMILES string of the molecule is CCN(CC#N)S(=O)(=O)C1CCCCC1. The predicted octanol–water partition coefficient (Wildman–Crippen LogP) is 1.49. The number of nitriles is 1. The summed E-state index contributed by atoms with van der Waals surface area (Å²) < 4.78 is 25.5. The van der Waals surface area contributed by atoms with Crippen LogP contribution in [0.4, 0.5) is 0 Å². The second-order valence-electron chi connectivity index (χ2n) is 3.89. The summed E-state index contributed by atoms with van der Waals surface area (Å²) in [5, 5.41) is 8.32. The van der Waals surface area contributed by atoms with E-state index in [0.717, 1.165) is 32.1 Å². The van der Waals surface area contributed by atoms with Crippen LogP contribution in [-0.4, -0.2) is 31.1 Å². The molecule has 0 amide bonds. The highest BCUT2D eigenvalue weighted by Crippen LogP contribution is 2.25. The minimum Gasteiger partial charge on any atom is -0.212 e. The smallest absolute Gasteiger partial charge is 0.212 e. The zero-order valence-corrected chi connectivity index (χ0v) is 9.96. The van der Waals surface area contributed by atoms with Crippen LogP contribution in [0.15, 0.2) is 0 Å². The Morgan fingerprint density at radius 1 is 1.33 bits per heavy atom. The first-order chi connectivity index (χ1) is 7.12. The van der Waals surface area contributed by atoms with Gasteiger partial charge in [-0.3, -0.25) is 0 Å². The molecule has 0 aromatic carbocycles. The molecule has 0 heterocycles. The van der Waals surface area contributed by atoms with Gasteiger partial charge in [0.2, 0.25) is 10.0 Å². The monoisotopic (exact) mass is 230 g/mol. The van der Waals surface area contributed by atoms with E-state index in [1.807, 2.05) is 6.07 Å². The predicted molar refractivity (Wildman–Crippen MR) is 58.7 cm³/mol. The number of nitrogens with zero attached hydrogens (tertiary/aromatic N) is 2. The van der Waals surface area contributed by atoms with E-state index in [1.165, 1.54) is 4.31 Å². The first-order valence-electron chi connectivity index (χ1n) is 5.48. The Bertz CT molecular complexity index is 326. The molecule has 5 heteroatoms. The van der Waals surface area contributed by atoms with Gasteiger partial charge in [0, 0.05) is 6.54 Å². The Morgan fingerprint density at radius 3 is 2.40 bits per heavy atom. The normalized spacial score (nSPS) is 19.0. The molecule has 0 atom stereocenters. The first kappa shape index (κ1) is 12.5. The molecule has 15 heavy (non-hydrogen) atoms. The molecule has 0 spiro atoms. The molecule has 1 saturated carbocycles. The van der Waals surface area contributed by atoms with Crippen LogP contribution in [0.5, 0.6) is 0 Å². The molecule has 0 bridgehead atoms. The van der Waals surface area contributed by atoms with E-state index < -0.39 is 10.0 Å². The van der Waals surface area contributed by atoms with Gasteiger partial charge in [-0.25, -0.2) is 8.42 Å². The zero-order valence-electron chi connectivity index (χ0n) is 9.15. The van der Waals surface area contributed by atoms with Gasteiger partial charge in [0.05, 0.1) is 11.3 Å². The van der Waals surface area contributed by atoms with Crippen molar-refractivity contribution in [3.8, 4) is 6.07 Å². The minimum atomic E-state index is -3.23. The minimum absolute atomic E-state index is 0.0185. The van der Waals surface area contributed by atoms with Crippen LogP contribution >= 0.6 is 0 Å². The fourth-order valence-corrected chi connectivity index (χ4v) is 3.98. The lowest BCUT2D eigenvalue weighted by Crippen LogP contribution is -2.39. The van der Waals surface area contributed by atoms with Crippen LogP contribution in [0, 0.1) is 11.3 Å². The summed E-state index contributed by atoms with van der Waals surface area (Å²) in [6.45, 7) is 2.15. The van der Waals surface area contributed by atoms with Crippen LogP contribution in [-0.2, 0) is 10.0 Å². The quantitative estimate of drug-likeness (QED) is 0.687. The lowest BCUT2D eigenvalue weighted by Gasteiger charge is -2.27. The number of rotatable bonds is 4. The molecule has 0 aromatic rings. The largest absolute Gasteiger partial charge is 0.217 e. The van der Waals surface area contributed by atoms with E-state index in [4.69, 9.17) is 5.26 Å². The van der Waals surface area contributed by atoms with Crippen LogP contribution < -0.4 is 0 Å². The molecule has 1 aliphatic rings. The third-order valence-electron chi connectivity index (χ3n) is 2.93. The standard InChI is InChI=1S/C10H18N2O2S/c1-2-12(9-8-11)15(13,14)10-6-4-3-5-7-10/h10H,2-7,9H2,1H3. The molecule has 0 unspecified atom stereocenters. The topological polar surface area (TPSA) is 61.2 Å². The molecule has 0 N–H and O–H groups in total. The summed E-state index contributed by atoms with van der Waals surface area (Å²) in [6.07, 6.45) is 4.63. The van der Waals surface area contributed by atoms with Crippen molar-refractivity contribution in [2.45, 2.75) is 44.3 Å². The van der Waals surface area contributed by atoms with Crippen LogP contribution in [0.1, 0.15) is 39.0 Å². The second kappa shape index (κ2) is 5.47. The summed E-state index contributed by atoms with van der Waals surface area (Å²) in [6, 6.07) is 1.91. The van der Waals surface area contributed by atoms with E-state index in [1.54, 1.807) is 6.92 Å². The molecule has 1 aliphatic carbocycles. The van der Waals surface area contributed by atoms with Gasteiger partial charge in [-0.05, 0) is 12.8 Å². The molecular weight excluding hydrogens is 212 g/mol. The van der Waals surface area contributed by atoms with Crippen molar-refractivity contribution in [1.82, 2.24) is 4.31 Å². The van der Waals surface area contributed by atoms with E-state index >= 15 is 0 Å². The Hall–Kier alpha value is -0.600. The van der Waals surface area contributed by atoms with E-state index in [2.05, 4.69) is 0 Å². The Morgan fingerprint density at radius 2 is 1.93 bits per heavy atom. The van der Waals surface area contributed by atoms with E-state index in [9.17, 15) is 8.42 Å². The Balaban J connectivity index is 2.75. The number of hydrogen-bond donors (Lipinski definition) is 0. The molecule has 1 rings (SSSR count). The van der Waals surface area contributed by atoms with Gasteiger partial charge < -0.3 is 0 Å². The van der Waals surface area contributed by atoms with Crippen molar-refractivity contribution in [3.05, 3.63) is 0 Å². The van der Waals surface area contributed by atoms with Gasteiger partial charge in [0.15, 0.2) is 0 Å². The third-order valence-corrected chi connectivity index (χ3v) is 5.35. The van der Waals surface area contributed by atoms with Gasteiger partial charge in [-0.2, -0.15) is 9.57 Å². The zero-order chi connectivity index (χ0) is 11.3. The van der Waals surface area contributed by atoms with E-state index in [-0.39, 0.29) is 11.8 Å². The lowest BCUT2D eigenvalue weighted by atomic mass is 10.0. The van der Waals surface area contributed by atoms with Gasteiger partial charge in [-0.1, -0.05) is 26.2 Å². The molecule has 1 fully saturated rings. The van der Waals surface area contributed by atoms with Gasteiger partial charge in [0.25, 0.3) is 0 Å². The van der Waals surface area contributed by atoms with Gasteiger partial charge in [-0.15, -0.1) is 0 Å².